The third-order valence-corrected chi connectivity index (χ3v) is 4.61. The first-order chi connectivity index (χ1) is 14.1. The van der Waals surface area contributed by atoms with Crippen molar-refractivity contribution in [1.29, 1.82) is 0 Å². The van der Waals surface area contributed by atoms with E-state index in [1.54, 1.807) is 7.11 Å². The minimum Gasteiger partial charge on any atom is -0.493 e. The molecule has 2 rings (SSSR count). The van der Waals surface area contributed by atoms with Gasteiger partial charge in [0.25, 0.3) is 0 Å². The second-order valence-electron chi connectivity index (χ2n) is 6.76. The highest BCUT2D eigenvalue weighted by molar-refractivity contribution is 14.0. The zero-order valence-corrected chi connectivity index (χ0v) is 21.0. The van der Waals surface area contributed by atoms with Crippen LogP contribution in [0.25, 0.3) is 0 Å². The molecule has 0 bridgehead atoms. The molecule has 7 nitrogen and oxygen atoms in total. The Balaban J connectivity index is 0.00000450. The van der Waals surface area contributed by atoms with Gasteiger partial charge in [-0.05, 0) is 64.7 Å². The van der Waals surface area contributed by atoms with Gasteiger partial charge < -0.3 is 24.6 Å². The molecule has 1 aromatic carbocycles. The number of hydrogen-bond acceptors (Lipinski definition) is 5. The third kappa shape index (κ3) is 8.04. The van der Waals surface area contributed by atoms with Crippen LogP contribution in [-0.4, -0.2) is 44.5 Å². The number of guanidine groups is 1. The predicted molar refractivity (Wildman–Crippen MR) is 132 cm³/mol. The van der Waals surface area contributed by atoms with E-state index in [0.29, 0.717) is 6.61 Å². The maximum Gasteiger partial charge on any atom is 0.191 e. The highest BCUT2D eigenvalue weighted by Crippen LogP contribution is 2.28. The van der Waals surface area contributed by atoms with Crippen LogP contribution in [0.15, 0.2) is 27.7 Å². The van der Waals surface area contributed by atoms with Gasteiger partial charge in [-0.25, -0.2) is 0 Å². The Bertz CT molecular complexity index is 773. The number of nitrogens with one attached hydrogen (secondary N) is 2. The van der Waals surface area contributed by atoms with Crippen LogP contribution in [0, 0.1) is 13.8 Å². The molecule has 2 aromatic rings. The molecule has 8 heteroatoms. The number of methoxy groups -OCH3 is 1. The van der Waals surface area contributed by atoms with Crippen LogP contribution in [0.5, 0.6) is 11.5 Å². The third-order valence-electron chi connectivity index (χ3n) is 4.61. The van der Waals surface area contributed by atoms with E-state index in [0.717, 1.165) is 73.4 Å². The molecular formula is C22H35IN4O3. The monoisotopic (exact) mass is 530 g/mol. The van der Waals surface area contributed by atoms with Crippen molar-refractivity contribution < 1.29 is 14.0 Å². The first-order valence-electron chi connectivity index (χ1n) is 10.3. The summed E-state index contributed by atoms with van der Waals surface area (Å²) in [5.41, 5.74) is 3.34. The summed E-state index contributed by atoms with van der Waals surface area (Å²) in [4.78, 5) is 4.68. The van der Waals surface area contributed by atoms with Crippen molar-refractivity contribution in [3.63, 3.8) is 0 Å². The number of ether oxygens (including phenoxy) is 2. The normalized spacial score (nSPS) is 11.0. The summed E-state index contributed by atoms with van der Waals surface area (Å²) in [7, 11) is 1.66. The van der Waals surface area contributed by atoms with Gasteiger partial charge in [-0.3, -0.25) is 4.99 Å². The summed E-state index contributed by atoms with van der Waals surface area (Å²) in [5, 5.41) is 10.7. The molecule has 0 amide bonds. The minimum absolute atomic E-state index is 0. The van der Waals surface area contributed by atoms with E-state index in [2.05, 4.69) is 39.8 Å². The van der Waals surface area contributed by atoms with E-state index in [1.807, 2.05) is 26.8 Å². The number of rotatable bonds is 11. The molecule has 0 spiro atoms. The van der Waals surface area contributed by atoms with E-state index in [-0.39, 0.29) is 24.0 Å². The second kappa shape index (κ2) is 14.1. The van der Waals surface area contributed by atoms with Gasteiger partial charge in [0.15, 0.2) is 17.5 Å². The number of halogens is 1. The molecule has 168 valence electrons. The average molecular weight is 530 g/mol. The van der Waals surface area contributed by atoms with Crippen molar-refractivity contribution in [3.05, 3.63) is 40.8 Å². The summed E-state index contributed by atoms with van der Waals surface area (Å²) in [5.74, 6) is 3.29. The van der Waals surface area contributed by atoms with Crippen LogP contribution in [0.4, 0.5) is 0 Å². The largest absolute Gasteiger partial charge is 0.493 e. The fraction of sp³-hybridized carbons (Fsp3) is 0.545. The summed E-state index contributed by atoms with van der Waals surface area (Å²) in [6.45, 7) is 10.9. The molecule has 1 aromatic heterocycles. The number of benzene rings is 1. The van der Waals surface area contributed by atoms with Gasteiger partial charge >= 0.3 is 0 Å². The quantitative estimate of drug-likeness (QED) is 0.198. The molecule has 0 aliphatic heterocycles. The molecule has 0 aliphatic carbocycles. The topological polar surface area (TPSA) is 80.9 Å². The highest BCUT2D eigenvalue weighted by atomic mass is 127. The van der Waals surface area contributed by atoms with Crippen molar-refractivity contribution in [2.45, 2.75) is 47.0 Å². The Morgan fingerprint density at radius 3 is 2.57 bits per heavy atom. The predicted octanol–water partition coefficient (Wildman–Crippen LogP) is 4.05. The zero-order chi connectivity index (χ0) is 21.1. The summed E-state index contributed by atoms with van der Waals surface area (Å²) in [6.07, 6.45) is 2.75. The van der Waals surface area contributed by atoms with Crippen LogP contribution in [0.2, 0.25) is 0 Å². The number of nitrogens with zero attached hydrogens (tertiary/aromatic N) is 2. The van der Waals surface area contributed by atoms with E-state index in [4.69, 9.17) is 14.0 Å². The van der Waals surface area contributed by atoms with Crippen molar-refractivity contribution >= 4 is 29.9 Å². The highest BCUT2D eigenvalue weighted by Gasteiger charge is 2.09. The average Bonchev–Trinajstić information content (AvgIpc) is 3.03. The van der Waals surface area contributed by atoms with Gasteiger partial charge in [-0.2, -0.15) is 0 Å². The molecule has 0 fully saturated rings. The molecule has 0 unspecified atom stereocenters. The standard InChI is InChI=1S/C22H34N4O3.HI/c1-6-23-22(25-14-12-19-16(3)26-29-17(19)4)24-13-8-9-18-10-11-20(27-5)21(15-18)28-7-2;/h10-11,15H,6-9,12-14H2,1-5H3,(H2,23,24,25);1H. The maximum absolute atomic E-state index is 5.65. The first-order valence-corrected chi connectivity index (χ1v) is 10.3. The Kier molecular flexibility index (Phi) is 12.3. The van der Waals surface area contributed by atoms with Crippen molar-refractivity contribution in [2.75, 3.05) is 33.4 Å². The van der Waals surface area contributed by atoms with Crippen LogP contribution >= 0.6 is 24.0 Å². The minimum atomic E-state index is 0. The Morgan fingerprint density at radius 2 is 1.93 bits per heavy atom. The lowest BCUT2D eigenvalue weighted by Crippen LogP contribution is -2.38. The maximum atomic E-state index is 5.65. The first kappa shape index (κ1) is 26.1. The number of aromatic nitrogens is 1. The Labute approximate surface area is 197 Å². The van der Waals surface area contributed by atoms with Crippen LogP contribution in [0.3, 0.4) is 0 Å². The summed E-state index contributed by atoms with van der Waals surface area (Å²) in [6, 6.07) is 6.10. The van der Waals surface area contributed by atoms with Crippen molar-refractivity contribution in [1.82, 2.24) is 15.8 Å². The van der Waals surface area contributed by atoms with Gasteiger partial charge in [-0.15, -0.1) is 24.0 Å². The van der Waals surface area contributed by atoms with Crippen LogP contribution in [0.1, 0.15) is 42.8 Å². The van der Waals surface area contributed by atoms with Gasteiger partial charge in [-0.1, -0.05) is 11.2 Å². The van der Waals surface area contributed by atoms with Crippen LogP contribution in [-0.2, 0) is 12.8 Å². The van der Waals surface area contributed by atoms with Crippen molar-refractivity contribution in [2.24, 2.45) is 4.99 Å². The van der Waals surface area contributed by atoms with E-state index < -0.39 is 0 Å². The Morgan fingerprint density at radius 1 is 1.13 bits per heavy atom. The summed E-state index contributed by atoms with van der Waals surface area (Å²) < 4.78 is 16.2. The molecule has 0 saturated heterocycles. The fourth-order valence-corrected chi connectivity index (χ4v) is 3.13. The fourth-order valence-electron chi connectivity index (χ4n) is 3.13. The molecule has 0 aliphatic rings. The second-order valence-corrected chi connectivity index (χ2v) is 6.76. The molecule has 0 atom stereocenters. The van der Waals surface area contributed by atoms with Gasteiger partial charge in [0.2, 0.25) is 0 Å². The Hall–Kier alpha value is -1.97. The lowest BCUT2D eigenvalue weighted by molar-refractivity contribution is 0.310. The number of aliphatic imine (C=N–C) groups is 1. The lowest BCUT2D eigenvalue weighted by atomic mass is 10.1. The van der Waals surface area contributed by atoms with E-state index in [1.165, 1.54) is 5.56 Å². The van der Waals surface area contributed by atoms with Gasteiger partial charge in [0, 0.05) is 25.2 Å². The number of hydrogen-bond donors (Lipinski definition) is 2. The molecular weight excluding hydrogens is 495 g/mol. The molecule has 1 heterocycles. The number of aryl methyl sites for hydroxylation is 3. The zero-order valence-electron chi connectivity index (χ0n) is 18.7. The molecule has 0 saturated carbocycles. The van der Waals surface area contributed by atoms with Crippen LogP contribution < -0.4 is 20.1 Å². The summed E-state index contributed by atoms with van der Waals surface area (Å²) >= 11 is 0. The lowest BCUT2D eigenvalue weighted by Gasteiger charge is -2.12. The van der Waals surface area contributed by atoms with E-state index >= 15 is 0 Å². The smallest absolute Gasteiger partial charge is 0.191 e. The molecule has 2 N–H and O–H groups in total. The molecule has 30 heavy (non-hydrogen) atoms. The van der Waals surface area contributed by atoms with Crippen molar-refractivity contribution in [3.8, 4) is 11.5 Å². The van der Waals surface area contributed by atoms with E-state index in [9.17, 15) is 0 Å². The molecule has 0 radical (unpaired) electrons. The van der Waals surface area contributed by atoms with Gasteiger partial charge in [0.1, 0.15) is 5.76 Å². The van der Waals surface area contributed by atoms with Gasteiger partial charge in [0.05, 0.1) is 19.4 Å². The SMILES string of the molecule is CCNC(=NCCCc1ccc(OC)c(OCC)c1)NCCc1c(C)noc1C.I.